The quantitative estimate of drug-likeness (QED) is 0.570. The fourth-order valence-electron chi connectivity index (χ4n) is 4.48. The van der Waals surface area contributed by atoms with E-state index in [1.165, 1.54) is 32.1 Å². The molecule has 1 saturated carbocycles. The zero-order chi connectivity index (χ0) is 13.0. The van der Waals surface area contributed by atoms with Gasteiger partial charge in [0.25, 0.3) is 0 Å². The summed E-state index contributed by atoms with van der Waals surface area (Å²) in [5.41, 5.74) is 0. The van der Waals surface area contributed by atoms with Crippen LogP contribution in [0.3, 0.4) is 0 Å². The molecule has 0 bridgehead atoms. The predicted octanol–water partition coefficient (Wildman–Crippen LogP) is 5.77. The number of rotatable bonds is 5. The molecule has 0 aromatic carbocycles. The Balaban J connectivity index is 2.63. The molecule has 0 amide bonds. The third kappa shape index (κ3) is 4.00. The van der Waals surface area contributed by atoms with Gasteiger partial charge in [0.05, 0.1) is 0 Å². The molecule has 3 atom stereocenters. The summed E-state index contributed by atoms with van der Waals surface area (Å²) in [7, 11) is 0. The van der Waals surface area contributed by atoms with Crippen molar-refractivity contribution in [1.29, 1.82) is 0 Å². The Morgan fingerprint density at radius 3 is 2.00 bits per heavy atom. The van der Waals surface area contributed by atoms with Gasteiger partial charge in [0.15, 0.2) is 0 Å². The Bertz CT molecular complexity index is 196. The highest BCUT2D eigenvalue weighted by atomic mass is 14.4. The van der Waals surface area contributed by atoms with Crippen molar-refractivity contribution < 1.29 is 0 Å². The minimum atomic E-state index is 0.840. The lowest BCUT2D eigenvalue weighted by Crippen LogP contribution is -2.31. The first-order valence-corrected chi connectivity index (χ1v) is 7.97. The molecule has 0 N–H and O–H groups in total. The summed E-state index contributed by atoms with van der Waals surface area (Å²) < 4.78 is 0. The largest absolute Gasteiger partial charge is 0.0651 e. The molecule has 1 fully saturated rings. The lowest BCUT2D eigenvalue weighted by molar-refractivity contribution is 0.0995. The molecule has 102 valence electrons. The Morgan fingerprint density at radius 1 is 0.941 bits per heavy atom. The van der Waals surface area contributed by atoms with Crippen molar-refractivity contribution in [2.24, 2.45) is 35.5 Å². The summed E-state index contributed by atoms with van der Waals surface area (Å²) in [6.45, 7) is 14.6. The monoisotopic (exact) mass is 238 g/mol. The van der Waals surface area contributed by atoms with E-state index in [4.69, 9.17) is 0 Å². The maximum Gasteiger partial charge on any atom is -0.0340 e. The molecule has 0 spiro atoms. The van der Waals surface area contributed by atoms with E-state index in [0.717, 1.165) is 35.5 Å². The highest BCUT2D eigenvalue weighted by Gasteiger charge is 2.32. The molecule has 0 radical (unpaired) electrons. The fraction of sp³-hybridized carbons (Fsp3) is 1.00. The zero-order valence-electron chi connectivity index (χ0n) is 13.0. The second-order valence-corrected chi connectivity index (χ2v) is 7.13. The van der Waals surface area contributed by atoms with Gasteiger partial charge in [0.2, 0.25) is 0 Å². The van der Waals surface area contributed by atoms with Crippen LogP contribution < -0.4 is 0 Å². The number of hydrogen-bond acceptors (Lipinski definition) is 0. The van der Waals surface area contributed by atoms with Crippen LogP contribution in [0, 0.1) is 35.5 Å². The summed E-state index contributed by atoms with van der Waals surface area (Å²) in [4.78, 5) is 0. The van der Waals surface area contributed by atoms with Crippen LogP contribution in [-0.4, -0.2) is 0 Å². The van der Waals surface area contributed by atoms with Crippen molar-refractivity contribution in [3.8, 4) is 0 Å². The molecule has 0 aromatic rings. The van der Waals surface area contributed by atoms with Crippen molar-refractivity contribution in [3.05, 3.63) is 0 Å². The van der Waals surface area contributed by atoms with Gasteiger partial charge in [0.1, 0.15) is 0 Å². The standard InChI is InChI=1S/C17H34/c1-7-15-9-8-10-16(11-15)14(6)17(12(2)3)13(4)5/h12-17H,7-11H2,1-6H3. The lowest BCUT2D eigenvalue weighted by Gasteiger charge is -2.40. The zero-order valence-corrected chi connectivity index (χ0v) is 13.0. The molecular weight excluding hydrogens is 204 g/mol. The van der Waals surface area contributed by atoms with Crippen molar-refractivity contribution in [2.75, 3.05) is 0 Å². The van der Waals surface area contributed by atoms with Gasteiger partial charge < -0.3 is 0 Å². The second kappa shape index (κ2) is 6.81. The van der Waals surface area contributed by atoms with Crippen LogP contribution in [-0.2, 0) is 0 Å². The normalized spacial score (nSPS) is 28.1. The van der Waals surface area contributed by atoms with Crippen LogP contribution in [0.25, 0.3) is 0 Å². The van der Waals surface area contributed by atoms with Crippen molar-refractivity contribution >= 4 is 0 Å². The van der Waals surface area contributed by atoms with E-state index >= 15 is 0 Å². The molecule has 1 rings (SSSR count). The molecule has 0 saturated heterocycles. The van der Waals surface area contributed by atoms with Crippen LogP contribution in [0.2, 0.25) is 0 Å². The van der Waals surface area contributed by atoms with Crippen molar-refractivity contribution in [2.45, 2.75) is 73.6 Å². The van der Waals surface area contributed by atoms with E-state index in [9.17, 15) is 0 Å². The summed E-state index contributed by atoms with van der Waals surface area (Å²) in [5.74, 6) is 5.54. The van der Waals surface area contributed by atoms with Gasteiger partial charge in [-0.2, -0.15) is 0 Å². The van der Waals surface area contributed by atoms with Crippen LogP contribution in [0.1, 0.15) is 73.6 Å². The molecule has 0 nitrogen and oxygen atoms in total. The predicted molar refractivity (Wildman–Crippen MR) is 78.1 cm³/mol. The molecule has 3 unspecified atom stereocenters. The van der Waals surface area contributed by atoms with Crippen molar-refractivity contribution in [1.82, 2.24) is 0 Å². The average molecular weight is 238 g/mol. The third-order valence-corrected chi connectivity index (χ3v) is 5.29. The Kier molecular flexibility index (Phi) is 6.03. The lowest BCUT2D eigenvalue weighted by atomic mass is 9.66. The minimum Gasteiger partial charge on any atom is -0.0651 e. The highest BCUT2D eigenvalue weighted by molar-refractivity contribution is 4.82. The van der Waals surface area contributed by atoms with Crippen LogP contribution in [0.4, 0.5) is 0 Å². The van der Waals surface area contributed by atoms with E-state index in [0.29, 0.717) is 0 Å². The van der Waals surface area contributed by atoms with E-state index in [1.54, 1.807) is 0 Å². The molecule has 0 heterocycles. The van der Waals surface area contributed by atoms with Crippen LogP contribution in [0.15, 0.2) is 0 Å². The highest BCUT2D eigenvalue weighted by Crippen LogP contribution is 2.41. The molecular formula is C17H34. The van der Waals surface area contributed by atoms with Crippen LogP contribution in [0.5, 0.6) is 0 Å². The van der Waals surface area contributed by atoms with Crippen molar-refractivity contribution in [3.63, 3.8) is 0 Å². The first-order valence-electron chi connectivity index (χ1n) is 7.97. The van der Waals surface area contributed by atoms with Gasteiger partial charge in [-0.15, -0.1) is 0 Å². The molecule has 1 aliphatic rings. The van der Waals surface area contributed by atoms with Gasteiger partial charge in [-0.05, 0) is 41.9 Å². The maximum absolute atomic E-state index is 2.54. The van der Waals surface area contributed by atoms with E-state index in [1.807, 2.05) is 0 Å². The van der Waals surface area contributed by atoms with Crippen LogP contribution >= 0.6 is 0 Å². The van der Waals surface area contributed by atoms with Gasteiger partial charge in [-0.25, -0.2) is 0 Å². The average Bonchev–Trinajstić information content (AvgIpc) is 2.28. The Labute approximate surface area is 110 Å². The van der Waals surface area contributed by atoms with Gasteiger partial charge in [-0.3, -0.25) is 0 Å². The molecule has 17 heavy (non-hydrogen) atoms. The van der Waals surface area contributed by atoms with E-state index < -0.39 is 0 Å². The molecule has 0 aromatic heterocycles. The Morgan fingerprint density at radius 2 is 1.53 bits per heavy atom. The van der Waals surface area contributed by atoms with E-state index in [-0.39, 0.29) is 0 Å². The fourth-order valence-corrected chi connectivity index (χ4v) is 4.48. The first kappa shape index (κ1) is 15.1. The minimum absolute atomic E-state index is 0.840. The van der Waals surface area contributed by atoms with Gasteiger partial charge in [-0.1, -0.05) is 67.2 Å². The third-order valence-electron chi connectivity index (χ3n) is 5.29. The molecule has 0 heteroatoms. The topological polar surface area (TPSA) is 0 Å². The second-order valence-electron chi connectivity index (χ2n) is 7.13. The summed E-state index contributed by atoms with van der Waals surface area (Å²) in [6, 6.07) is 0. The van der Waals surface area contributed by atoms with E-state index in [2.05, 4.69) is 41.5 Å². The maximum atomic E-state index is 2.54. The smallest absolute Gasteiger partial charge is 0.0340 e. The SMILES string of the molecule is CCC1CCCC(C(C)C(C(C)C)C(C)C)C1. The number of hydrogen-bond donors (Lipinski definition) is 0. The van der Waals surface area contributed by atoms with Gasteiger partial charge >= 0.3 is 0 Å². The molecule has 1 aliphatic carbocycles. The summed E-state index contributed by atoms with van der Waals surface area (Å²) in [6.07, 6.45) is 7.38. The summed E-state index contributed by atoms with van der Waals surface area (Å²) >= 11 is 0. The molecule has 0 aliphatic heterocycles. The summed E-state index contributed by atoms with van der Waals surface area (Å²) in [5, 5.41) is 0. The van der Waals surface area contributed by atoms with Gasteiger partial charge in [0, 0.05) is 0 Å². The first-order chi connectivity index (χ1) is 7.97. The Hall–Kier alpha value is 0.